The minimum absolute atomic E-state index is 0.0279. The number of aromatic nitrogens is 1. The van der Waals surface area contributed by atoms with Gasteiger partial charge in [0.2, 0.25) is 0 Å². The van der Waals surface area contributed by atoms with Gasteiger partial charge in [0.25, 0.3) is 5.91 Å². The quantitative estimate of drug-likeness (QED) is 0.394. The van der Waals surface area contributed by atoms with Crippen molar-refractivity contribution >= 4 is 38.8 Å². The van der Waals surface area contributed by atoms with E-state index in [4.69, 9.17) is 5.73 Å². The molecule has 0 radical (unpaired) electrons. The van der Waals surface area contributed by atoms with E-state index in [0.29, 0.717) is 5.56 Å². The molecule has 9 heteroatoms. The Morgan fingerprint density at radius 2 is 1.70 bits per heavy atom. The number of hydrogen-bond donors (Lipinski definition) is 2. The summed E-state index contributed by atoms with van der Waals surface area (Å²) in [4.78, 5) is 16.7. The molecule has 0 unspecified atom stereocenters. The average molecular weight is 431 g/mol. The lowest BCUT2D eigenvalue weighted by Gasteiger charge is -2.11. The van der Waals surface area contributed by atoms with E-state index in [1.54, 1.807) is 30.3 Å². The summed E-state index contributed by atoms with van der Waals surface area (Å²) in [5.74, 6) is -1.49. The molecule has 0 spiro atoms. The van der Waals surface area contributed by atoms with Gasteiger partial charge >= 0.3 is 6.18 Å². The van der Waals surface area contributed by atoms with E-state index in [2.05, 4.69) is 10.3 Å². The Morgan fingerprint density at radius 1 is 1.03 bits per heavy atom. The number of halogens is 4. The van der Waals surface area contributed by atoms with Crippen molar-refractivity contribution in [2.75, 3.05) is 11.1 Å². The molecule has 152 valence electrons. The predicted octanol–water partition coefficient (Wildman–Crippen LogP) is 5.96. The van der Waals surface area contributed by atoms with Crippen molar-refractivity contribution in [2.45, 2.75) is 6.18 Å². The number of alkyl halides is 3. The summed E-state index contributed by atoms with van der Waals surface area (Å²) in [5.41, 5.74) is 5.11. The molecule has 2 heterocycles. The summed E-state index contributed by atoms with van der Waals surface area (Å²) < 4.78 is 55.2. The maximum Gasteiger partial charge on any atom is 0.417 e. The van der Waals surface area contributed by atoms with Gasteiger partial charge in [0.05, 0.1) is 22.6 Å². The Bertz CT molecular complexity index is 1250. The van der Waals surface area contributed by atoms with Crippen LogP contribution in [-0.2, 0) is 6.18 Å². The van der Waals surface area contributed by atoms with Gasteiger partial charge in [-0.2, -0.15) is 13.2 Å². The highest BCUT2D eigenvalue weighted by molar-refractivity contribution is 7.21. The zero-order valence-corrected chi connectivity index (χ0v) is 15.9. The Hall–Kier alpha value is -3.46. The fourth-order valence-electron chi connectivity index (χ4n) is 3.01. The zero-order valence-electron chi connectivity index (χ0n) is 15.1. The molecule has 0 saturated heterocycles. The highest BCUT2D eigenvalue weighted by atomic mass is 32.1. The number of amides is 1. The molecule has 0 aliphatic rings. The van der Waals surface area contributed by atoms with E-state index < -0.39 is 23.5 Å². The van der Waals surface area contributed by atoms with Gasteiger partial charge in [0, 0.05) is 10.9 Å². The number of nitrogens with zero attached hydrogens (tertiary/aromatic N) is 1. The lowest BCUT2D eigenvalue weighted by Crippen LogP contribution is -2.13. The van der Waals surface area contributed by atoms with Gasteiger partial charge in [-0.05, 0) is 18.2 Å². The van der Waals surface area contributed by atoms with Crippen LogP contribution in [0.1, 0.15) is 15.2 Å². The highest BCUT2D eigenvalue weighted by Gasteiger charge is 2.36. The number of pyridine rings is 1. The van der Waals surface area contributed by atoms with Crippen LogP contribution in [-0.4, -0.2) is 10.9 Å². The zero-order chi connectivity index (χ0) is 21.5. The predicted molar refractivity (Wildman–Crippen MR) is 109 cm³/mol. The summed E-state index contributed by atoms with van der Waals surface area (Å²) in [7, 11) is 0. The molecule has 4 aromatic rings. The second kappa shape index (κ2) is 7.42. The molecule has 0 aliphatic heterocycles. The van der Waals surface area contributed by atoms with Gasteiger partial charge < -0.3 is 11.1 Å². The summed E-state index contributed by atoms with van der Waals surface area (Å²) >= 11 is 0.726. The molecule has 2 aromatic heterocycles. The molecular formula is C21H13F4N3OS. The van der Waals surface area contributed by atoms with Crippen molar-refractivity contribution in [3.05, 3.63) is 76.9 Å². The Balaban J connectivity index is 1.86. The van der Waals surface area contributed by atoms with E-state index in [0.717, 1.165) is 23.5 Å². The van der Waals surface area contributed by atoms with Crippen LogP contribution >= 0.6 is 11.3 Å². The largest absolute Gasteiger partial charge is 0.417 e. The number of nitrogens with one attached hydrogen (secondary N) is 1. The van der Waals surface area contributed by atoms with Crippen LogP contribution in [0.5, 0.6) is 0 Å². The van der Waals surface area contributed by atoms with E-state index >= 15 is 0 Å². The number of carbonyl (C=O) groups excluding carboxylic acids is 1. The van der Waals surface area contributed by atoms with Crippen LogP contribution in [0.3, 0.4) is 0 Å². The summed E-state index contributed by atoms with van der Waals surface area (Å²) in [5, 5.41) is 2.00. The summed E-state index contributed by atoms with van der Waals surface area (Å²) in [6.07, 6.45) is -4.71. The number of benzene rings is 2. The van der Waals surface area contributed by atoms with Crippen molar-refractivity contribution in [1.82, 2.24) is 4.98 Å². The van der Waals surface area contributed by atoms with E-state index in [1.807, 2.05) is 0 Å². The fraction of sp³-hybridized carbons (Fsp3) is 0.0476. The third-order valence-corrected chi connectivity index (χ3v) is 5.50. The standard InChI is InChI=1S/C21H13F4N3OS/c22-13-8-4-5-9-14(13)27-19(29)18-17(26)16-12(21(23,24)25)10-15(28-20(16)30-18)11-6-2-1-3-7-11/h1-10H,26H2,(H,27,29). The first-order valence-corrected chi connectivity index (χ1v) is 9.49. The highest BCUT2D eigenvalue weighted by Crippen LogP contribution is 2.43. The van der Waals surface area contributed by atoms with Crippen LogP contribution < -0.4 is 11.1 Å². The number of carbonyl (C=O) groups is 1. The van der Waals surface area contributed by atoms with Crippen LogP contribution in [0.4, 0.5) is 28.9 Å². The van der Waals surface area contributed by atoms with E-state index in [9.17, 15) is 22.4 Å². The van der Waals surface area contributed by atoms with Gasteiger partial charge in [-0.1, -0.05) is 42.5 Å². The van der Waals surface area contributed by atoms with Crippen molar-refractivity contribution < 1.29 is 22.4 Å². The molecular weight excluding hydrogens is 418 g/mol. The fourth-order valence-corrected chi connectivity index (χ4v) is 4.03. The minimum atomic E-state index is -4.71. The number of hydrogen-bond acceptors (Lipinski definition) is 4. The lowest BCUT2D eigenvalue weighted by atomic mass is 10.1. The number of fused-ring (bicyclic) bond motifs is 1. The molecule has 4 nitrogen and oxygen atoms in total. The average Bonchev–Trinajstić information content (AvgIpc) is 3.05. The van der Waals surface area contributed by atoms with Crippen LogP contribution in [0.2, 0.25) is 0 Å². The molecule has 1 amide bonds. The van der Waals surface area contributed by atoms with Crippen LogP contribution in [0.15, 0.2) is 60.7 Å². The Morgan fingerprint density at radius 3 is 2.37 bits per heavy atom. The Kier molecular flexibility index (Phi) is 4.90. The number of thiophene rings is 1. The topological polar surface area (TPSA) is 68.0 Å². The Labute approximate surface area is 172 Å². The molecule has 4 rings (SSSR count). The minimum Gasteiger partial charge on any atom is -0.397 e. The summed E-state index contributed by atoms with van der Waals surface area (Å²) in [6.45, 7) is 0. The molecule has 2 aromatic carbocycles. The maximum absolute atomic E-state index is 13.8. The normalized spacial score (nSPS) is 11.6. The third-order valence-electron chi connectivity index (χ3n) is 4.40. The van der Waals surface area contributed by atoms with Crippen LogP contribution in [0, 0.1) is 5.82 Å². The molecule has 0 aliphatic carbocycles. The first kappa shape index (κ1) is 19.8. The molecule has 0 atom stereocenters. The second-order valence-electron chi connectivity index (χ2n) is 6.38. The van der Waals surface area contributed by atoms with Gasteiger partial charge in [0.15, 0.2) is 0 Å². The number of anilines is 2. The number of nitrogens with two attached hydrogens (primary N) is 1. The first-order valence-electron chi connectivity index (χ1n) is 8.67. The number of nitrogen functional groups attached to an aromatic ring is 1. The van der Waals surface area contributed by atoms with E-state index in [-0.39, 0.29) is 32.2 Å². The summed E-state index contributed by atoms with van der Waals surface area (Å²) in [6, 6.07) is 14.7. The lowest BCUT2D eigenvalue weighted by molar-refractivity contribution is -0.136. The number of para-hydroxylation sites is 1. The molecule has 30 heavy (non-hydrogen) atoms. The van der Waals surface area contributed by atoms with Crippen molar-refractivity contribution in [3.8, 4) is 11.3 Å². The maximum atomic E-state index is 13.8. The van der Waals surface area contributed by atoms with Crippen molar-refractivity contribution in [3.63, 3.8) is 0 Å². The third kappa shape index (κ3) is 3.59. The monoisotopic (exact) mass is 431 g/mol. The van der Waals surface area contributed by atoms with Gasteiger partial charge in [-0.15, -0.1) is 11.3 Å². The molecule has 0 fully saturated rings. The van der Waals surface area contributed by atoms with E-state index in [1.165, 1.54) is 18.2 Å². The molecule has 0 saturated carbocycles. The first-order chi connectivity index (χ1) is 14.3. The van der Waals surface area contributed by atoms with Gasteiger partial charge in [0.1, 0.15) is 15.5 Å². The van der Waals surface area contributed by atoms with Crippen molar-refractivity contribution in [2.24, 2.45) is 0 Å². The van der Waals surface area contributed by atoms with Crippen molar-refractivity contribution in [1.29, 1.82) is 0 Å². The smallest absolute Gasteiger partial charge is 0.397 e. The second-order valence-corrected chi connectivity index (χ2v) is 7.38. The van der Waals surface area contributed by atoms with Gasteiger partial charge in [-0.3, -0.25) is 4.79 Å². The van der Waals surface area contributed by atoms with Gasteiger partial charge in [-0.25, -0.2) is 9.37 Å². The molecule has 0 bridgehead atoms. The van der Waals surface area contributed by atoms with Crippen LogP contribution in [0.25, 0.3) is 21.5 Å². The SMILES string of the molecule is Nc1c(C(=O)Nc2ccccc2F)sc2nc(-c3ccccc3)cc(C(F)(F)F)c12. The molecule has 3 N–H and O–H groups in total. The number of rotatable bonds is 3.